The Labute approximate surface area is 114 Å². The van der Waals surface area contributed by atoms with Crippen molar-refractivity contribution in [3.63, 3.8) is 0 Å². The first kappa shape index (κ1) is 13.5. The second-order valence-electron chi connectivity index (χ2n) is 5.60. The minimum atomic E-state index is -4.51. The molecule has 2 aliphatic rings. The molecule has 2 fully saturated rings. The number of fused-ring (bicyclic) bond motifs is 2. The minimum Gasteiger partial charge on any atom is -0.311 e. The Morgan fingerprint density at radius 2 is 1.90 bits per heavy atom. The van der Waals surface area contributed by atoms with Gasteiger partial charge in [0.05, 0.1) is 0 Å². The van der Waals surface area contributed by atoms with Crippen molar-refractivity contribution in [3.8, 4) is 0 Å². The second-order valence-corrected chi connectivity index (χ2v) is 5.60. The number of nitrogens with zero attached hydrogens (tertiary/aromatic N) is 1. The van der Waals surface area contributed by atoms with Gasteiger partial charge in [-0.1, -0.05) is 0 Å². The van der Waals surface area contributed by atoms with Gasteiger partial charge in [0.25, 0.3) is 0 Å². The Balaban J connectivity index is 1.80. The molecule has 3 heterocycles. The van der Waals surface area contributed by atoms with Crippen LogP contribution in [0.25, 0.3) is 0 Å². The van der Waals surface area contributed by atoms with Crippen molar-refractivity contribution in [2.45, 2.75) is 43.9 Å². The molecule has 3 nitrogen and oxygen atoms in total. The average Bonchev–Trinajstić information content (AvgIpc) is 2.76. The molecule has 2 bridgehead atoms. The normalized spacial score (nSPS) is 29.4. The number of hydrogen-bond acceptors (Lipinski definition) is 3. The number of carbonyl (C=O) groups excluding carboxylic acids is 1. The van der Waals surface area contributed by atoms with Crippen LogP contribution in [0, 0.1) is 5.92 Å². The van der Waals surface area contributed by atoms with Gasteiger partial charge in [0.15, 0.2) is 5.78 Å². The monoisotopic (exact) mass is 284 g/mol. The van der Waals surface area contributed by atoms with Crippen LogP contribution in [0.1, 0.15) is 41.7 Å². The van der Waals surface area contributed by atoms with Gasteiger partial charge in [0, 0.05) is 29.8 Å². The largest absolute Gasteiger partial charge is 0.433 e. The van der Waals surface area contributed by atoms with E-state index in [1.807, 2.05) is 0 Å². The summed E-state index contributed by atoms with van der Waals surface area (Å²) in [4.78, 5) is 15.7. The SMILES string of the molecule is O=C(c1ccnc(C(F)(F)F)c1)C1CC2CCC(C1)N2. The highest BCUT2D eigenvalue weighted by Gasteiger charge is 2.38. The molecule has 0 radical (unpaired) electrons. The van der Waals surface area contributed by atoms with E-state index < -0.39 is 11.9 Å². The van der Waals surface area contributed by atoms with Crippen LogP contribution in [0.3, 0.4) is 0 Å². The lowest BCUT2D eigenvalue weighted by Gasteiger charge is -2.28. The minimum absolute atomic E-state index is 0.124. The van der Waals surface area contributed by atoms with E-state index in [0.29, 0.717) is 12.1 Å². The molecule has 0 spiro atoms. The van der Waals surface area contributed by atoms with E-state index >= 15 is 0 Å². The van der Waals surface area contributed by atoms with E-state index in [9.17, 15) is 18.0 Å². The van der Waals surface area contributed by atoms with Gasteiger partial charge in [-0.15, -0.1) is 0 Å². The zero-order chi connectivity index (χ0) is 14.3. The third kappa shape index (κ3) is 2.57. The first-order valence-corrected chi connectivity index (χ1v) is 6.77. The third-order valence-electron chi connectivity index (χ3n) is 4.18. The fourth-order valence-corrected chi connectivity index (χ4v) is 3.25. The lowest BCUT2D eigenvalue weighted by Crippen LogP contribution is -2.40. The Bertz CT molecular complexity index is 517. The quantitative estimate of drug-likeness (QED) is 0.849. The number of ketones is 1. The fraction of sp³-hybridized carbons (Fsp3) is 0.571. The Hall–Kier alpha value is -1.43. The molecule has 0 aromatic carbocycles. The summed E-state index contributed by atoms with van der Waals surface area (Å²) in [6, 6.07) is 2.92. The van der Waals surface area contributed by atoms with Crippen molar-refractivity contribution in [1.82, 2.24) is 10.3 Å². The van der Waals surface area contributed by atoms with Crippen molar-refractivity contribution in [1.29, 1.82) is 0 Å². The molecule has 2 unspecified atom stereocenters. The number of Topliss-reactive ketones (excluding diaryl/α,β-unsaturated/α-hetero) is 1. The number of pyridine rings is 1. The van der Waals surface area contributed by atoms with Gasteiger partial charge in [-0.25, -0.2) is 0 Å². The highest BCUT2D eigenvalue weighted by Crippen LogP contribution is 2.34. The molecule has 1 aromatic heterocycles. The first-order valence-electron chi connectivity index (χ1n) is 6.77. The van der Waals surface area contributed by atoms with Crippen molar-refractivity contribution in [3.05, 3.63) is 29.6 Å². The van der Waals surface area contributed by atoms with Crippen molar-refractivity contribution in [2.75, 3.05) is 0 Å². The maximum absolute atomic E-state index is 12.6. The van der Waals surface area contributed by atoms with E-state index in [2.05, 4.69) is 10.3 Å². The summed E-state index contributed by atoms with van der Waals surface area (Å²) < 4.78 is 37.9. The molecule has 0 saturated carbocycles. The molecule has 108 valence electrons. The van der Waals surface area contributed by atoms with Crippen molar-refractivity contribution < 1.29 is 18.0 Å². The van der Waals surface area contributed by atoms with Gasteiger partial charge >= 0.3 is 6.18 Å². The standard InChI is InChI=1S/C14H15F3N2O/c15-14(16,17)12-7-8(3-4-18-12)13(20)9-5-10-1-2-11(6-9)19-10/h3-4,7,9-11,19H,1-2,5-6H2. The summed E-state index contributed by atoms with van der Waals surface area (Å²) >= 11 is 0. The molecule has 3 rings (SSSR count). The molecular weight excluding hydrogens is 269 g/mol. The number of alkyl halides is 3. The zero-order valence-corrected chi connectivity index (χ0v) is 10.8. The van der Waals surface area contributed by atoms with Gasteiger partial charge in [-0.05, 0) is 37.8 Å². The zero-order valence-electron chi connectivity index (χ0n) is 10.8. The molecule has 2 atom stereocenters. The van der Waals surface area contributed by atoms with Crippen molar-refractivity contribution in [2.24, 2.45) is 5.92 Å². The topological polar surface area (TPSA) is 42.0 Å². The van der Waals surface area contributed by atoms with Crippen LogP contribution in [-0.2, 0) is 6.18 Å². The van der Waals surface area contributed by atoms with E-state index in [1.54, 1.807) is 0 Å². The van der Waals surface area contributed by atoms with Crippen LogP contribution in [0.2, 0.25) is 0 Å². The molecule has 2 saturated heterocycles. The Morgan fingerprint density at radius 3 is 2.50 bits per heavy atom. The second kappa shape index (κ2) is 4.84. The van der Waals surface area contributed by atoms with Crippen LogP contribution >= 0.6 is 0 Å². The maximum atomic E-state index is 12.6. The van der Waals surface area contributed by atoms with Gasteiger partial charge in [0.1, 0.15) is 5.69 Å². The molecule has 1 N–H and O–H groups in total. The molecule has 1 aromatic rings. The highest BCUT2D eigenvalue weighted by molar-refractivity contribution is 5.98. The summed E-state index contributed by atoms with van der Waals surface area (Å²) in [6.07, 6.45) is 0.102. The number of carbonyl (C=O) groups is 1. The smallest absolute Gasteiger partial charge is 0.311 e. The van der Waals surface area contributed by atoms with Gasteiger partial charge in [-0.2, -0.15) is 13.2 Å². The summed E-state index contributed by atoms with van der Waals surface area (Å²) in [5.41, 5.74) is -0.876. The first-order chi connectivity index (χ1) is 9.43. The van der Waals surface area contributed by atoms with E-state index in [0.717, 1.165) is 37.9 Å². The Morgan fingerprint density at radius 1 is 1.25 bits per heavy atom. The van der Waals surface area contributed by atoms with Crippen LogP contribution in [-0.4, -0.2) is 22.9 Å². The number of aromatic nitrogens is 1. The van der Waals surface area contributed by atoms with E-state index in [-0.39, 0.29) is 17.3 Å². The van der Waals surface area contributed by atoms with Crippen LogP contribution in [0.15, 0.2) is 18.3 Å². The lowest BCUT2D eigenvalue weighted by molar-refractivity contribution is -0.141. The van der Waals surface area contributed by atoms with Gasteiger partial charge in [-0.3, -0.25) is 9.78 Å². The molecule has 2 aliphatic heterocycles. The van der Waals surface area contributed by atoms with E-state index in [1.165, 1.54) is 6.07 Å². The van der Waals surface area contributed by atoms with Crippen LogP contribution < -0.4 is 5.32 Å². The summed E-state index contributed by atoms with van der Waals surface area (Å²) in [5, 5.41) is 3.42. The van der Waals surface area contributed by atoms with Gasteiger partial charge in [0.2, 0.25) is 0 Å². The fourth-order valence-electron chi connectivity index (χ4n) is 3.25. The van der Waals surface area contributed by atoms with Crippen molar-refractivity contribution >= 4 is 5.78 Å². The molecule has 0 amide bonds. The maximum Gasteiger partial charge on any atom is 0.433 e. The van der Waals surface area contributed by atoms with E-state index in [4.69, 9.17) is 0 Å². The average molecular weight is 284 g/mol. The molecule has 0 aliphatic carbocycles. The number of rotatable bonds is 2. The predicted octanol–water partition coefficient (Wildman–Crippen LogP) is 2.81. The van der Waals surface area contributed by atoms with Crippen LogP contribution in [0.5, 0.6) is 0 Å². The number of nitrogens with one attached hydrogen (secondary N) is 1. The van der Waals surface area contributed by atoms with Gasteiger partial charge < -0.3 is 5.32 Å². The summed E-state index contributed by atoms with van der Waals surface area (Å²) in [6.45, 7) is 0. The van der Waals surface area contributed by atoms with Crippen LogP contribution in [0.4, 0.5) is 13.2 Å². The molecule has 20 heavy (non-hydrogen) atoms. The number of halogens is 3. The lowest BCUT2D eigenvalue weighted by atomic mass is 9.86. The number of piperidine rings is 1. The molecule has 6 heteroatoms. The predicted molar refractivity (Wildman–Crippen MR) is 66.2 cm³/mol. The Kier molecular flexibility index (Phi) is 3.28. The molecular formula is C14H15F3N2O. The summed E-state index contributed by atoms with van der Waals surface area (Å²) in [7, 11) is 0. The number of hydrogen-bond donors (Lipinski definition) is 1. The summed E-state index contributed by atoms with van der Waals surface area (Å²) in [5.74, 6) is -0.353. The third-order valence-corrected chi connectivity index (χ3v) is 4.18. The highest BCUT2D eigenvalue weighted by atomic mass is 19.4.